The third-order valence-corrected chi connectivity index (χ3v) is 3.15. The number of carboxylic acid groups (broad SMARTS) is 1. The van der Waals surface area contributed by atoms with Crippen molar-refractivity contribution in [3.8, 4) is 0 Å². The van der Waals surface area contributed by atoms with Crippen molar-refractivity contribution in [1.82, 2.24) is 5.32 Å². The molecule has 1 atom stereocenters. The molecule has 1 unspecified atom stereocenters. The molecule has 2 amide bonds. The summed E-state index contributed by atoms with van der Waals surface area (Å²) in [6, 6.07) is 2.56. The molecule has 0 aromatic heterocycles. The van der Waals surface area contributed by atoms with Crippen LogP contribution in [0.2, 0.25) is 0 Å². The number of nitrogens with one attached hydrogen (secondary N) is 1. The quantitative estimate of drug-likeness (QED) is 0.819. The topological polar surface area (TPSA) is 86.7 Å². The number of hydrogen-bond donors (Lipinski definition) is 2. The molecular weight excluding hydrogens is 267 g/mol. The number of Topliss-reactive ketones (excluding diaryl/α,β-unsaturated/α-hetero) is 1. The number of ketones is 1. The zero-order valence-corrected chi connectivity index (χ0v) is 10.7. The summed E-state index contributed by atoms with van der Waals surface area (Å²) in [5.74, 6) is -1.63. The van der Waals surface area contributed by atoms with Crippen molar-refractivity contribution in [2.45, 2.75) is 19.4 Å². The SMILES string of the molecule is CC(=O)c1ccc(N(C(=O)O)C2CCNC2=O)c(F)c1. The molecule has 1 aliphatic heterocycles. The summed E-state index contributed by atoms with van der Waals surface area (Å²) in [4.78, 5) is 34.8. The molecule has 0 aliphatic carbocycles. The van der Waals surface area contributed by atoms with Crippen molar-refractivity contribution in [2.75, 3.05) is 11.4 Å². The largest absolute Gasteiger partial charge is 0.465 e. The van der Waals surface area contributed by atoms with Crippen LogP contribution in [0.25, 0.3) is 0 Å². The number of amides is 2. The van der Waals surface area contributed by atoms with Crippen molar-refractivity contribution in [1.29, 1.82) is 0 Å². The number of nitrogens with zero attached hydrogens (tertiary/aromatic N) is 1. The maximum atomic E-state index is 14.0. The minimum atomic E-state index is -1.42. The third kappa shape index (κ3) is 2.47. The highest BCUT2D eigenvalue weighted by atomic mass is 19.1. The molecule has 7 heteroatoms. The van der Waals surface area contributed by atoms with Gasteiger partial charge in [-0.05, 0) is 31.5 Å². The highest BCUT2D eigenvalue weighted by Crippen LogP contribution is 2.25. The monoisotopic (exact) mass is 280 g/mol. The molecule has 1 saturated heterocycles. The van der Waals surface area contributed by atoms with Crippen molar-refractivity contribution >= 4 is 23.5 Å². The van der Waals surface area contributed by atoms with Crippen LogP contribution in [0, 0.1) is 5.82 Å². The van der Waals surface area contributed by atoms with Gasteiger partial charge in [-0.3, -0.25) is 14.5 Å². The van der Waals surface area contributed by atoms with E-state index in [0.29, 0.717) is 11.4 Å². The van der Waals surface area contributed by atoms with E-state index in [2.05, 4.69) is 5.32 Å². The Labute approximate surface area is 114 Å². The highest BCUT2D eigenvalue weighted by Gasteiger charge is 2.35. The molecule has 20 heavy (non-hydrogen) atoms. The Morgan fingerprint density at radius 3 is 2.60 bits per heavy atom. The number of carbonyl (C=O) groups is 3. The molecule has 1 aromatic carbocycles. The first-order valence-electron chi connectivity index (χ1n) is 6.02. The number of rotatable bonds is 3. The lowest BCUT2D eigenvalue weighted by Crippen LogP contribution is -2.44. The first kappa shape index (κ1) is 14.0. The Hall–Kier alpha value is -2.44. The van der Waals surface area contributed by atoms with Crippen LogP contribution in [-0.2, 0) is 4.79 Å². The van der Waals surface area contributed by atoms with E-state index in [9.17, 15) is 23.9 Å². The summed E-state index contributed by atoms with van der Waals surface area (Å²) in [5.41, 5.74) is -0.0861. The average Bonchev–Trinajstić information content (AvgIpc) is 2.77. The van der Waals surface area contributed by atoms with Gasteiger partial charge in [0.25, 0.3) is 0 Å². The zero-order valence-electron chi connectivity index (χ0n) is 10.7. The molecule has 1 aromatic rings. The van der Waals surface area contributed by atoms with Crippen molar-refractivity contribution < 1.29 is 23.9 Å². The Morgan fingerprint density at radius 1 is 1.45 bits per heavy atom. The van der Waals surface area contributed by atoms with E-state index >= 15 is 0 Å². The second-order valence-electron chi connectivity index (χ2n) is 4.47. The molecule has 0 radical (unpaired) electrons. The molecule has 2 rings (SSSR count). The van der Waals surface area contributed by atoms with E-state index in [0.717, 1.165) is 6.07 Å². The molecule has 1 aliphatic rings. The van der Waals surface area contributed by atoms with Gasteiger partial charge in [-0.2, -0.15) is 0 Å². The minimum Gasteiger partial charge on any atom is -0.465 e. The fraction of sp³-hybridized carbons (Fsp3) is 0.308. The number of anilines is 1. The van der Waals surface area contributed by atoms with Crippen LogP contribution in [0.4, 0.5) is 14.9 Å². The average molecular weight is 280 g/mol. The molecule has 0 bridgehead atoms. The summed E-state index contributed by atoms with van der Waals surface area (Å²) in [6.45, 7) is 1.63. The van der Waals surface area contributed by atoms with Gasteiger partial charge in [0.05, 0.1) is 5.69 Å². The molecule has 2 N–H and O–H groups in total. The van der Waals surface area contributed by atoms with Gasteiger partial charge >= 0.3 is 6.09 Å². The van der Waals surface area contributed by atoms with Crippen LogP contribution < -0.4 is 10.2 Å². The Morgan fingerprint density at radius 2 is 2.15 bits per heavy atom. The standard InChI is InChI=1S/C13H13FN2O4/c1-7(17)8-2-3-10(9(14)6-8)16(13(19)20)11-4-5-15-12(11)18/h2-3,6,11H,4-5H2,1H3,(H,15,18)(H,19,20). The van der Waals surface area contributed by atoms with E-state index in [-0.39, 0.29) is 23.5 Å². The van der Waals surface area contributed by atoms with Gasteiger partial charge in [0.15, 0.2) is 5.78 Å². The van der Waals surface area contributed by atoms with Gasteiger partial charge in [-0.1, -0.05) is 0 Å². The number of halogens is 1. The summed E-state index contributed by atoms with van der Waals surface area (Å²) >= 11 is 0. The summed E-state index contributed by atoms with van der Waals surface area (Å²) < 4.78 is 14.0. The molecule has 1 fully saturated rings. The lowest BCUT2D eigenvalue weighted by Gasteiger charge is -2.24. The Kier molecular flexibility index (Phi) is 3.69. The van der Waals surface area contributed by atoms with Crippen LogP contribution in [0.3, 0.4) is 0 Å². The van der Waals surface area contributed by atoms with Crippen LogP contribution in [0.1, 0.15) is 23.7 Å². The number of hydrogen-bond acceptors (Lipinski definition) is 3. The first-order chi connectivity index (χ1) is 9.41. The van der Waals surface area contributed by atoms with E-state index in [1.165, 1.54) is 19.1 Å². The number of carbonyl (C=O) groups excluding carboxylic acids is 2. The predicted octanol–water partition coefficient (Wildman–Crippen LogP) is 1.40. The maximum Gasteiger partial charge on any atom is 0.412 e. The Balaban J connectivity index is 2.42. The van der Waals surface area contributed by atoms with Crippen molar-refractivity contribution in [3.63, 3.8) is 0 Å². The second kappa shape index (κ2) is 5.28. The van der Waals surface area contributed by atoms with E-state index in [4.69, 9.17) is 0 Å². The van der Waals surface area contributed by atoms with Gasteiger partial charge in [0.1, 0.15) is 11.9 Å². The van der Waals surface area contributed by atoms with Gasteiger partial charge < -0.3 is 10.4 Å². The van der Waals surface area contributed by atoms with Crippen molar-refractivity contribution in [2.24, 2.45) is 0 Å². The molecule has 0 saturated carbocycles. The van der Waals surface area contributed by atoms with Crippen molar-refractivity contribution in [3.05, 3.63) is 29.6 Å². The molecule has 0 spiro atoms. The predicted molar refractivity (Wildman–Crippen MR) is 68.3 cm³/mol. The lowest BCUT2D eigenvalue weighted by atomic mass is 10.1. The van der Waals surface area contributed by atoms with Crippen LogP contribution in [0.15, 0.2) is 18.2 Å². The smallest absolute Gasteiger partial charge is 0.412 e. The molecule has 106 valence electrons. The summed E-state index contributed by atoms with van der Waals surface area (Å²) in [6.07, 6.45) is -1.14. The molecular formula is C13H13FN2O4. The Bertz CT molecular complexity index is 588. The second-order valence-corrected chi connectivity index (χ2v) is 4.47. The van der Waals surface area contributed by atoms with Gasteiger partial charge in [-0.15, -0.1) is 0 Å². The maximum absolute atomic E-state index is 14.0. The van der Waals surface area contributed by atoms with E-state index in [1.54, 1.807) is 0 Å². The first-order valence-corrected chi connectivity index (χ1v) is 6.02. The fourth-order valence-electron chi connectivity index (χ4n) is 2.15. The van der Waals surface area contributed by atoms with Crippen LogP contribution in [-0.4, -0.2) is 35.5 Å². The van der Waals surface area contributed by atoms with Crippen LogP contribution >= 0.6 is 0 Å². The molecule has 1 heterocycles. The lowest BCUT2D eigenvalue weighted by molar-refractivity contribution is -0.120. The zero-order chi connectivity index (χ0) is 14.9. The van der Waals surface area contributed by atoms with Crippen LogP contribution in [0.5, 0.6) is 0 Å². The fourth-order valence-corrected chi connectivity index (χ4v) is 2.15. The van der Waals surface area contributed by atoms with E-state index in [1.807, 2.05) is 0 Å². The minimum absolute atomic E-state index is 0.146. The van der Waals surface area contributed by atoms with Gasteiger partial charge in [0, 0.05) is 12.1 Å². The van der Waals surface area contributed by atoms with Gasteiger partial charge in [0.2, 0.25) is 5.91 Å². The van der Waals surface area contributed by atoms with Gasteiger partial charge in [-0.25, -0.2) is 9.18 Å². The summed E-state index contributed by atoms with van der Waals surface area (Å²) in [7, 11) is 0. The molecule has 6 nitrogen and oxygen atoms in total. The summed E-state index contributed by atoms with van der Waals surface area (Å²) in [5, 5.41) is 11.7. The highest BCUT2D eigenvalue weighted by molar-refractivity contribution is 5.99. The normalized spacial score (nSPS) is 17.7. The third-order valence-electron chi connectivity index (χ3n) is 3.15. The number of benzene rings is 1. The van der Waals surface area contributed by atoms with E-state index < -0.39 is 23.9 Å².